The van der Waals surface area contributed by atoms with Crippen LogP contribution in [0.1, 0.15) is 27.7 Å². The normalized spacial score (nSPS) is 20.9. The van der Waals surface area contributed by atoms with Gasteiger partial charge in [-0.15, -0.1) is 0 Å². The predicted molar refractivity (Wildman–Crippen MR) is 77.5 cm³/mol. The summed E-state index contributed by atoms with van der Waals surface area (Å²) in [6.45, 7) is 8.20. The third-order valence-corrected chi connectivity index (χ3v) is 4.15. The van der Waals surface area contributed by atoms with Crippen molar-refractivity contribution in [2.45, 2.75) is 38.9 Å². The molecule has 0 N–H and O–H groups in total. The Labute approximate surface area is 114 Å². The first-order valence-electron chi connectivity index (χ1n) is 6.59. The minimum atomic E-state index is -0.394. The Hall–Kier alpha value is -1.39. The van der Waals surface area contributed by atoms with Crippen molar-refractivity contribution in [2.24, 2.45) is 0 Å². The first-order valence-corrected chi connectivity index (χ1v) is 6.59. The van der Waals surface area contributed by atoms with Gasteiger partial charge in [0.05, 0.1) is 16.8 Å². The zero-order valence-electron chi connectivity index (χ0n) is 11.8. The third kappa shape index (κ3) is 2.05. The van der Waals surface area contributed by atoms with Crippen LogP contribution in [0.2, 0.25) is 0 Å². The number of benzene rings is 1. The summed E-state index contributed by atoms with van der Waals surface area (Å²) in [6.07, 6.45) is 1.87. The van der Waals surface area contributed by atoms with E-state index >= 15 is 0 Å². The summed E-state index contributed by atoms with van der Waals surface area (Å²) in [4.78, 5) is 4.47. The van der Waals surface area contributed by atoms with E-state index < -0.39 is 7.12 Å². The SMILES string of the molecule is CC1(C)OB(c2cc3ccccc3cn2)OC1(C)C. The van der Waals surface area contributed by atoms with Crippen LogP contribution >= 0.6 is 0 Å². The van der Waals surface area contributed by atoms with E-state index in [2.05, 4.69) is 17.1 Å². The molecule has 4 heteroatoms. The van der Waals surface area contributed by atoms with Crippen LogP contribution in [0.4, 0.5) is 0 Å². The zero-order chi connectivity index (χ0) is 13.7. The molecule has 0 radical (unpaired) electrons. The van der Waals surface area contributed by atoms with Gasteiger partial charge < -0.3 is 9.31 Å². The molecule has 1 aliphatic heterocycles. The molecule has 2 heterocycles. The van der Waals surface area contributed by atoms with Gasteiger partial charge in [-0.25, -0.2) is 0 Å². The van der Waals surface area contributed by atoms with Gasteiger partial charge in [0.15, 0.2) is 0 Å². The Morgan fingerprint density at radius 3 is 2.16 bits per heavy atom. The lowest BCUT2D eigenvalue weighted by atomic mass is 9.83. The van der Waals surface area contributed by atoms with Crippen molar-refractivity contribution in [2.75, 3.05) is 0 Å². The average Bonchev–Trinajstić information content (AvgIpc) is 2.58. The highest BCUT2D eigenvalue weighted by atomic mass is 16.7. The van der Waals surface area contributed by atoms with Gasteiger partial charge in [0.1, 0.15) is 0 Å². The summed E-state index contributed by atoms with van der Waals surface area (Å²) in [7, 11) is -0.394. The number of aromatic nitrogens is 1. The lowest BCUT2D eigenvalue weighted by Gasteiger charge is -2.32. The molecule has 0 saturated carbocycles. The highest BCUT2D eigenvalue weighted by Crippen LogP contribution is 2.36. The Bertz CT molecular complexity index is 608. The number of hydrogen-bond donors (Lipinski definition) is 0. The maximum atomic E-state index is 6.01. The van der Waals surface area contributed by atoms with E-state index in [4.69, 9.17) is 9.31 Å². The van der Waals surface area contributed by atoms with E-state index in [-0.39, 0.29) is 11.2 Å². The van der Waals surface area contributed by atoms with Gasteiger partial charge >= 0.3 is 7.12 Å². The molecule has 3 nitrogen and oxygen atoms in total. The van der Waals surface area contributed by atoms with Crippen LogP contribution in [-0.4, -0.2) is 23.3 Å². The fourth-order valence-corrected chi connectivity index (χ4v) is 2.19. The largest absolute Gasteiger partial charge is 0.514 e. The van der Waals surface area contributed by atoms with Crippen molar-refractivity contribution in [3.63, 3.8) is 0 Å². The second-order valence-electron chi connectivity index (χ2n) is 6.04. The molecule has 1 aliphatic rings. The smallest absolute Gasteiger partial charge is 0.398 e. The molecule has 1 saturated heterocycles. The summed E-state index contributed by atoms with van der Waals surface area (Å²) < 4.78 is 12.0. The van der Waals surface area contributed by atoms with E-state index in [0.29, 0.717) is 0 Å². The van der Waals surface area contributed by atoms with E-state index in [0.717, 1.165) is 16.4 Å². The number of pyridine rings is 1. The first kappa shape index (κ1) is 12.6. The first-order chi connectivity index (χ1) is 8.89. The maximum absolute atomic E-state index is 6.01. The molecule has 0 bridgehead atoms. The second-order valence-corrected chi connectivity index (χ2v) is 6.04. The maximum Gasteiger partial charge on any atom is 0.514 e. The summed E-state index contributed by atoms with van der Waals surface area (Å²) >= 11 is 0. The summed E-state index contributed by atoms with van der Waals surface area (Å²) in [5.41, 5.74) is 0.174. The molecule has 3 rings (SSSR count). The van der Waals surface area contributed by atoms with Gasteiger partial charge in [0.2, 0.25) is 0 Å². The van der Waals surface area contributed by atoms with Gasteiger partial charge in [-0.2, -0.15) is 0 Å². The molecule has 98 valence electrons. The topological polar surface area (TPSA) is 31.4 Å². The molecule has 19 heavy (non-hydrogen) atoms. The van der Waals surface area contributed by atoms with Crippen LogP contribution in [0.3, 0.4) is 0 Å². The van der Waals surface area contributed by atoms with Crippen molar-refractivity contribution in [3.05, 3.63) is 36.5 Å². The van der Waals surface area contributed by atoms with Crippen LogP contribution < -0.4 is 5.59 Å². The van der Waals surface area contributed by atoms with Crippen LogP contribution in [0.25, 0.3) is 10.8 Å². The third-order valence-electron chi connectivity index (χ3n) is 4.15. The van der Waals surface area contributed by atoms with E-state index in [1.165, 1.54) is 0 Å². The van der Waals surface area contributed by atoms with Crippen molar-refractivity contribution in [1.82, 2.24) is 4.98 Å². The molecular weight excluding hydrogens is 237 g/mol. The van der Waals surface area contributed by atoms with Gasteiger partial charge in [-0.05, 0) is 44.5 Å². The fourth-order valence-electron chi connectivity index (χ4n) is 2.19. The molecule has 2 aromatic rings. The lowest BCUT2D eigenvalue weighted by molar-refractivity contribution is 0.00578. The zero-order valence-corrected chi connectivity index (χ0v) is 11.8. The Morgan fingerprint density at radius 2 is 1.53 bits per heavy atom. The van der Waals surface area contributed by atoms with Crippen molar-refractivity contribution in [3.8, 4) is 0 Å². The number of nitrogens with zero attached hydrogens (tertiary/aromatic N) is 1. The summed E-state index contributed by atoms with van der Waals surface area (Å²) in [6, 6.07) is 10.2. The minimum absolute atomic E-state index is 0.328. The number of fused-ring (bicyclic) bond motifs is 1. The number of hydrogen-bond acceptors (Lipinski definition) is 3. The quantitative estimate of drug-likeness (QED) is 0.734. The van der Waals surface area contributed by atoms with Crippen LogP contribution in [0.5, 0.6) is 0 Å². The molecule has 0 aliphatic carbocycles. The van der Waals surface area contributed by atoms with Crippen molar-refractivity contribution >= 4 is 23.5 Å². The second kappa shape index (κ2) is 4.05. The minimum Gasteiger partial charge on any atom is -0.398 e. The molecule has 0 amide bonds. The van der Waals surface area contributed by atoms with E-state index in [1.807, 2.05) is 52.1 Å². The molecule has 1 fully saturated rings. The van der Waals surface area contributed by atoms with Gasteiger partial charge in [0, 0.05) is 6.20 Å². The highest BCUT2D eigenvalue weighted by Gasteiger charge is 2.52. The van der Waals surface area contributed by atoms with Crippen LogP contribution in [0, 0.1) is 0 Å². The van der Waals surface area contributed by atoms with Crippen molar-refractivity contribution in [1.29, 1.82) is 0 Å². The Kier molecular flexibility index (Phi) is 2.70. The van der Waals surface area contributed by atoms with Gasteiger partial charge in [-0.3, -0.25) is 4.98 Å². The van der Waals surface area contributed by atoms with E-state index in [1.54, 1.807) is 0 Å². The molecule has 0 atom stereocenters. The fraction of sp³-hybridized carbons (Fsp3) is 0.400. The molecule has 1 aromatic carbocycles. The highest BCUT2D eigenvalue weighted by molar-refractivity contribution is 6.61. The Balaban J connectivity index is 1.98. The number of rotatable bonds is 1. The van der Waals surface area contributed by atoms with Crippen molar-refractivity contribution < 1.29 is 9.31 Å². The summed E-state index contributed by atoms with van der Waals surface area (Å²) in [5, 5.41) is 2.28. The average molecular weight is 255 g/mol. The molecule has 1 aromatic heterocycles. The predicted octanol–water partition coefficient (Wildman–Crippen LogP) is 2.53. The summed E-state index contributed by atoms with van der Waals surface area (Å²) in [5.74, 6) is 0. The molecule has 0 unspecified atom stereocenters. The molecule has 0 spiro atoms. The van der Waals surface area contributed by atoms with Crippen LogP contribution in [0.15, 0.2) is 36.5 Å². The van der Waals surface area contributed by atoms with Gasteiger partial charge in [0.25, 0.3) is 0 Å². The van der Waals surface area contributed by atoms with Crippen LogP contribution in [-0.2, 0) is 9.31 Å². The Morgan fingerprint density at radius 1 is 0.947 bits per heavy atom. The lowest BCUT2D eigenvalue weighted by Crippen LogP contribution is -2.41. The van der Waals surface area contributed by atoms with Gasteiger partial charge in [-0.1, -0.05) is 24.3 Å². The monoisotopic (exact) mass is 255 g/mol. The molecular formula is C15H18BNO2. The van der Waals surface area contributed by atoms with E-state index in [9.17, 15) is 0 Å². The standard InChI is InChI=1S/C15H18BNO2/c1-14(2)15(3,4)19-16(18-14)13-9-11-7-5-6-8-12(11)10-17-13/h5-10H,1-4H3.